The van der Waals surface area contributed by atoms with E-state index in [1.54, 1.807) is 39.0 Å². The lowest BCUT2D eigenvalue weighted by Gasteiger charge is -2.26. The molecule has 0 aliphatic heterocycles. The van der Waals surface area contributed by atoms with Gasteiger partial charge < -0.3 is 25.4 Å². The molecule has 4 aromatic rings. The van der Waals surface area contributed by atoms with Crippen LogP contribution in [0.15, 0.2) is 97.1 Å². The van der Waals surface area contributed by atoms with Gasteiger partial charge in [-0.1, -0.05) is 108 Å². The molecular weight excluding hydrogens is 649 g/mol. The molecule has 1 aliphatic rings. The Morgan fingerprint density at radius 2 is 1.35 bits per heavy atom. The van der Waals surface area contributed by atoms with E-state index in [9.17, 15) is 14.4 Å². The normalized spacial score (nSPS) is 13.4. The van der Waals surface area contributed by atoms with E-state index in [-0.39, 0.29) is 25.5 Å². The molecule has 3 N–H and O–H groups in total. The van der Waals surface area contributed by atoms with Crippen LogP contribution in [0, 0.1) is 0 Å². The molecule has 0 saturated heterocycles. The first-order valence-electron chi connectivity index (χ1n) is 15.8. The standard InChI is InChI=1S/C38H39Cl2N3O5/c1-38(2,3)48-37(46)43-34(21-24-11-5-4-6-12-24)35(44)42-26(19-25-17-18-32(39)33(40)20-25)22-41-36(45)47-23-31-29-15-9-7-13-27(29)28-14-8-10-16-30(28)31/h4-18,20,26,31,34H,19,21-23H2,1-3H3,(H,41,45)(H,42,44)(H,43,46)/t26-,34+/m1/s1. The monoisotopic (exact) mass is 687 g/mol. The summed E-state index contributed by atoms with van der Waals surface area (Å²) in [7, 11) is 0. The second-order valence-corrected chi connectivity index (χ2v) is 13.6. The number of nitrogens with one attached hydrogen (secondary N) is 3. The second kappa shape index (κ2) is 15.6. The van der Waals surface area contributed by atoms with Crippen LogP contribution in [0.5, 0.6) is 0 Å². The Labute approximate surface area is 291 Å². The molecule has 10 heteroatoms. The van der Waals surface area contributed by atoms with E-state index in [0.717, 1.165) is 33.4 Å². The maximum Gasteiger partial charge on any atom is 0.408 e. The summed E-state index contributed by atoms with van der Waals surface area (Å²) in [4.78, 5) is 39.6. The maximum atomic E-state index is 13.8. The van der Waals surface area contributed by atoms with Gasteiger partial charge in [-0.05, 0) is 72.7 Å². The third-order valence-corrected chi connectivity index (χ3v) is 8.68. The van der Waals surface area contributed by atoms with Gasteiger partial charge in [0.25, 0.3) is 0 Å². The summed E-state index contributed by atoms with van der Waals surface area (Å²) in [5, 5.41) is 9.32. The topological polar surface area (TPSA) is 106 Å². The van der Waals surface area contributed by atoms with E-state index in [1.807, 2.05) is 54.6 Å². The molecule has 0 spiro atoms. The van der Waals surface area contributed by atoms with Crippen molar-refractivity contribution in [2.45, 2.75) is 57.2 Å². The smallest absolute Gasteiger partial charge is 0.408 e. The molecule has 1 aliphatic carbocycles. The molecule has 8 nitrogen and oxygen atoms in total. The predicted molar refractivity (Wildman–Crippen MR) is 188 cm³/mol. The Hall–Kier alpha value is -4.53. The fourth-order valence-electron chi connectivity index (χ4n) is 5.79. The number of carbonyl (C=O) groups excluding carboxylic acids is 3. The summed E-state index contributed by atoms with van der Waals surface area (Å²) in [5.41, 5.74) is 5.39. The average molecular weight is 689 g/mol. The fraction of sp³-hybridized carbons (Fsp3) is 0.289. The van der Waals surface area contributed by atoms with Gasteiger partial charge in [0.05, 0.1) is 16.1 Å². The molecule has 4 aromatic carbocycles. The number of halogens is 2. The minimum absolute atomic E-state index is 0.0488. The van der Waals surface area contributed by atoms with Crippen LogP contribution >= 0.6 is 23.2 Å². The maximum absolute atomic E-state index is 13.8. The molecule has 0 aromatic heterocycles. The highest BCUT2D eigenvalue weighted by Gasteiger charge is 2.30. The molecule has 0 radical (unpaired) electrons. The van der Waals surface area contributed by atoms with E-state index < -0.39 is 35.8 Å². The summed E-state index contributed by atoms with van der Waals surface area (Å²) in [6.45, 7) is 5.46. The Balaban J connectivity index is 1.28. The third kappa shape index (κ3) is 9.30. The van der Waals surface area contributed by atoms with Crippen molar-refractivity contribution in [2.24, 2.45) is 0 Å². The third-order valence-electron chi connectivity index (χ3n) is 7.94. The van der Waals surface area contributed by atoms with Crippen LogP contribution in [0.1, 0.15) is 48.9 Å². The highest BCUT2D eigenvalue weighted by Crippen LogP contribution is 2.44. The number of amides is 3. The molecule has 0 unspecified atom stereocenters. The van der Waals surface area contributed by atoms with Crippen LogP contribution in [0.4, 0.5) is 9.59 Å². The van der Waals surface area contributed by atoms with Crippen LogP contribution in [-0.4, -0.2) is 48.9 Å². The molecule has 0 bridgehead atoms. The van der Waals surface area contributed by atoms with Crippen molar-refractivity contribution in [1.82, 2.24) is 16.0 Å². The number of hydrogen-bond acceptors (Lipinski definition) is 5. The van der Waals surface area contributed by atoms with Gasteiger partial charge in [0.15, 0.2) is 0 Å². The predicted octanol–water partition coefficient (Wildman–Crippen LogP) is 7.70. The lowest BCUT2D eigenvalue weighted by molar-refractivity contribution is -0.123. The summed E-state index contributed by atoms with van der Waals surface area (Å²) < 4.78 is 11.2. The van der Waals surface area contributed by atoms with E-state index in [2.05, 4.69) is 40.2 Å². The van der Waals surface area contributed by atoms with E-state index in [1.165, 1.54) is 0 Å². The first kappa shape index (κ1) is 34.8. The number of hydrogen-bond donors (Lipinski definition) is 3. The number of benzene rings is 4. The summed E-state index contributed by atoms with van der Waals surface area (Å²) in [6.07, 6.45) is -0.781. The van der Waals surface area contributed by atoms with Crippen molar-refractivity contribution in [1.29, 1.82) is 0 Å². The Morgan fingerprint density at radius 3 is 1.98 bits per heavy atom. The van der Waals surface area contributed by atoms with Gasteiger partial charge in [0.1, 0.15) is 18.2 Å². The summed E-state index contributed by atoms with van der Waals surface area (Å²) in [6, 6.07) is 29.3. The highest BCUT2D eigenvalue weighted by molar-refractivity contribution is 6.42. The van der Waals surface area contributed by atoms with Gasteiger partial charge >= 0.3 is 12.2 Å². The fourth-order valence-corrected chi connectivity index (χ4v) is 6.11. The number of alkyl carbamates (subject to hydrolysis) is 2. The van der Waals surface area contributed by atoms with Gasteiger partial charge in [-0.15, -0.1) is 0 Å². The van der Waals surface area contributed by atoms with Gasteiger partial charge in [-0.25, -0.2) is 9.59 Å². The van der Waals surface area contributed by atoms with Crippen molar-refractivity contribution in [3.63, 3.8) is 0 Å². The van der Waals surface area contributed by atoms with Crippen LogP contribution in [0.2, 0.25) is 10.0 Å². The highest BCUT2D eigenvalue weighted by atomic mass is 35.5. The van der Waals surface area contributed by atoms with Gasteiger partial charge in [-0.3, -0.25) is 4.79 Å². The lowest BCUT2D eigenvalue weighted by atomic mass is 9.98. The van der Waals surface area contributed by atoms with Crippen molar-refractivity contribution in [3.05, 3.63) is 129 Å². The molecule has 48 heavy (non-hydrogen) atoms. The average Bonchev–Trinajstić information content (AvgIpc) is 3.37. The van der Waals surface area contributed by atoms with Gasteiger partial charge in [0.2, 0.25) is 5.91 Å². The van der Waals surface area contributed by atoms with Crippen LogP contribution in [0.3, 0.4) is 0 Å². The number of rotatable bonds is 11. The van der Waals surface area contributed by atoms with Crippen LogP contribution < -0.4 is 16.0 Å². The van der Waals surface area contributed by atoms with Gasteiger partial charge in [-0.2, -0.15) is 0 Å². The first-order chi connectivity index (χ1) is 23.0. The molecular formula is C38H39Cl2N3O5. The largest absolute Gasteiger partial charge is 0.449 e. The van der Waals surface area contributed by atoms with E-state index in [4.69, 9.17) is 32.7 Å². The SMILES string of the molecule is CC(C)(C)OC(=O)N[C@@H](Cc1ccccc1)C(=O)N[C@@H](CNC(=O)OCC1c2ccccc2-c2ccccc21)Cc1ccc(Cl)c(Cl)c1. The minimum atomic E-state index is -0.951. The lowest BCUT2D eigenvalue weighted by Crippen LogP contribution is -2.54. The molecule has 0 heterocycles. The number of carbonyl (C=O) groups is 3. The minimum Gasteiger partial charge on any atom is -0.449 e. The van der Waals surface area contributed by atoms with Crippen molar-refractivity contribution < 1.29 is 23.9 Å². The van der Waals surface area contributed by atoms with Crippen LogP contribution in [-0.2, 0) is 27.1 Å². The Morgan fingerprint density at radius 1 is 0.729 bits per heavy atom. The summed E-state index contributed by atoms with van der Waals surface area (Å²) >= 11 is 12.4. The van der Waals surface area contributed by atoms with Crippen molar-refractivity contribution in [3.8, 4) is 11.1 Å². The quantitative estimate of drug-likeness (QED) is 0.150. The van der Waals surface area contributed by atoms with E-state index >= 15 is 0 Å². The molecule has 0 saturated carbocycles. The van der Waals surface area contributed by atoms with Crippen molar-refractivity contribution >= 4 is 41.3 Å². The Bertz CT molecular complexity index is 1710. The molecule has 250 valence electrons. The number of ether oxygens (including phenoxy) is 2. The molecule has 3 amide bonds. The number of fused-ring (bicyclic) bond motifs is 3. The van der Waals surface area contributed by atoms with Gasteiger partial charge in [0, 0.05) is 18.9 Å². The second-order valence-electron chi connectivity index (χ2n) is 12.8. The zero-order valence-corrected chi connectivity index (χ0v) is 28.6. The van der Waals surface area contributed by atoms with E-state index in [0.29, 0.717) is 16.5 Å². The molecule has 0 fully saturated rings. The Kier molecular flexibility index (Phi) is 11.3. The first-order valence-corrected chi connectivity index (χ1v) is 16.6. The summed E-state index contributed by atoms with van der Waals surface area (Å²) in [5.74, 6) is -0.531. The zero-order valence-electron chi connectivity index (χ0n) is 27.1. The zero-order chi connectivity index (χ0) is 34.3. The van der Waals surface area contributed by atoms with Crippen LogP contribution in [0.25, 0.3) is 11.1 Å². The van der Waals surface area contributed by atoms with Crippen molar-refractivity contribution in [2.75, 3.05) is 13.2 Å². The molecule has 2 atom stereocenters. The molecule has 5 rings (SSSR count).